The van der Waals surface area contributed by atoms with Gasteiger partial charge in [-0.25, -0.2) is 0 Å². The van der Waals surface area contributed by atoms with Gasteiger partial charge in [-0.2, -0.15) is 4.99 Å². The number of benzene rings is 2. The minimum absolute atomic E-state index is 0.198. The number of fused-ring (bicyclic) bond motifs is 1. The van der Waals surface area contributed by atoms with Crippen molar-refractivity contribution in [3.8, 4) is 17.2 Å². The van der Waals surface area contributed by atoms with Crippen molar-refractivity contribution in [3.05, 3.63) is 46.8 Å². The molecule has 0 bridgehead atoms. The molecule has 0 radical (unpaired) electrons. The van der Waals surface area contributed by atoms with E-state index >= 15 is 0 Å². The summed E-state index contributed by atoms with van der Waals surface area (Å²) in [4.78, 5) is 17.3. The first-order valence-corrected chi connectivity index (χ1v) is 8.79. The van der Waals surface area contributed by atoms with Crippen molar-refractivity contribution >= 4 is 27.5 Å². The van der Waals surface area contributed by atoms with Gasteiger partial charge in [0.1, 0.15) is 5.75 Å². The molecule has 0 fully saturated rings. The van der Waals surface area contributed by atoms with Crippen molar-refractivity contribution in [2.75, 3.05) is 21.3 Å². The Bertz CT molecular complexity index is 1000. The number of thiazole rings is 1. The number of ether oxygens (including phenoxy) is 3. The average molecular weight is 372 g/mol. The van der Waals surface area contributed by atoms with E-state index in [4.69, 9.17) is 14.2 Å². The first-order chi connectivity index (χ1) is 12.5. The van der Waals surface area contributed by atoms with Crippen molar-refractivity contribution in [2.45, 2.75) is 6.42 Å². The van der Waals surface area contributed by atoms with E-state index in [-0.39, 0.29) is 12.3 Å². The number of rotatable bonds is 5. The highest BCUT2D eigenvalue weighted by Crippen LogP contribution is 2.33. The van der Waals surface area contributed by atoms with Crippen LogP contribution in [0, 0.1) is 0 Å². The highest BCUT2D eigenvalue weighted by atomic mass is 32.1. The lowest BCUT2D eigenvalue weighted by Crippen LogP contribution is -2.14. The first kappa shape index (κ1) is 18.0. The van der Waals surface area contributed by atoms with Crippen LogP contribution < -0.4 is 19.0 Å². The standard InChI is InChI=1S/C19H20N2O4S/c1-21-14-10-15(24-3)16(25-4)11-17(14)26-19(21)20-18(22)9-12-5-7-13(23-2)8-6-12/h5-8,10-11H,9H2,1-4H3. The second kappa shape index (κ2) is 7.61. The number of aromatic nitrogens is 1. The number of carbonyl (C=O) groups excluding carboxylic acids is 1. The first-order valence-electron chi connectivity index (χ1n) is 7.97. The van der Waals surface area contributed by atoms with Gasteiger partial charge in [0, 0.05) is 19.2 Å². The second-order valence-corrected chi connectivity index (χ2v) is 6.66. The van der Waals surface area contributed by atoms with Crippen LogP contribution in [-0.4, -0.2) is 31.8 Å². The summed E-state index contributed by atoms with van der Waals surface area (Å²) < 4.78 is 18.7. The van der Waals surface area contributed by atoms with Crippen LogP contribution in [0.2, 0.25) is 0 Å². The Labute approximate surface area is 155 Å². The van der Waals surface area contributed by atoms with Crippen molar-refractivity contribution in [2.24, 2.45) is 12.0 Å². The van der Waals surface area contributed by atoms with E-state index in [1.807, 2.05) is 48.0 Å². The summed E-state index contributed by atoms with van der Waals surface area (Å²) in [5.74, 6) is 1.86. The fourth-order valence-corrected chi connectivity index (χ4v) is 3.67. The van der Waals surface area contributed by atoms with E-state index in [2.05, 4.69) is 4.99 Å². The zero-order valence-corrected chi connectivity index (χ0v) is 15.9. The molecule has 26 heavy (non-hydrogen) atoms. The molecular weight excluding hydrogens is 352 g/mol. The van der Waals surface area contributed by atoms with Crippen molar-refractivity contribution in [3.63, 3.8) is 0 Å². The summed E-state index contributed by atoms with van der Waals surface area (Å²) in [6, 6.07) is 11.2. The molecule has 3 aromatic rings. The molecule has 0 atom stereocenters. The van der Waals surface area contributed by atoms with Gasteiger partial charge in [0.25, 0.3) is 5.91 Å². The molecule has 6 nitrogen and oxygen atoms in total. The van der Waals surface area contributed by atoms with Gasteiger partial charge >= 0.3 is 0 Å². The van der Waals surface area contributed by atoms with Gasteiger partial charge in [-0.15, -0.1) is 0 Å². The summed E-state index contributed by atoms with van der Waals surface area (Å²) in [7, 11) is 6.69. The lowest BCUT2D eigenvalue weighted by Gasteiger charge is -2.07. The molecule has 7 heteroatoms. The molecule has 0 aliphatic heterocycles. The molecule has 0 saturated heterocycles. The molecule has 0 saturated carbocycles. The van der Waals surface area contributed by atoms with Crippen molar-refractivity contribution in [1.82, 2.24) is 4.57 Å². The molecule has 1 amide bonds. The summed E-state index contributed by atoms with van der Waals surface area (Å²) in [5, 5.41) is 0. The Morgan fingerprint density at radius 3 is 2.31 bits per heavy atom. The average Bonchev–Trinajstić information content (AvgIpc) is 2.95. The van der Waals surface area contributed by atoms with Gasteiger partial charge in [0.2, 0.25) is 0 Å². The smallest absolute Gasteiger partial charge is 0.252 e. The van der Waals surface area contributed by atoms with E-state index < -0.39 is 0 Å². The number of hydrogen-bond donors (Lipinski definition) is 0. The second-order valence-electron chi connectivity index (χ2n) is 5.65. The van der Waals surface area contributed by atoms with Crippen LogP contribution in [-0.2, 0) is 18.3 Å². The fourth-order valence-electron chi connectivity index (χ4n) is 2.63. The van der Waals surface area contributed by atoms with Crippen molar-refractivity contribution < 1.29 is 19.0 Å². The lowest BCUT2D eigenvalue weighted by molar-refractivity contribution is -0.117. The van der Waals surface area contributed by atoms with Gasteiger partial charge in [-0.05, 0) is 17.7 Å². The Hall–Kier alpha value is -2.80. The third-order valence-electron chi connectivity index (χ3n) is 4.05. The van der Waals surface area contributed by atoms with E-state index in [9.17, 15) is 4.79 Å². The fraction of sp³-hybridized carbons (Fsp3) is 0.263. The zero-order valence-electron chi connectivity index (χ0n) is 15.1. The number of nitrogens with zero attached hydrogens (tertiary/aromatic N) is 2. The quantitative estimate of drug-likeness (QED) is 0.691. The normalized spacial score (nSPS) is 11.6. The molecule has 0 N–H and O–H groups in total. The molecule has 0 spiro atoms. The molecule has 1 aromatic heterocycles. The number of methoxy groups -OCH3 is 3. The Kier molecular flexibility index (Phi) is 5.27. The zero-order chi connectivity index (χ0) is 18.7. The summed E-state index contributed by atoms with van der Waals surface area (Å²) >= 11 is 1.44. The molecule has 0 aliphatic rings. The van der Waals surface area contributed by atoms with Gasteiger partial charge in [0.15, 0.2) is 16.3 Å². The van der Waals surface area contributed by atoms with Crippen LogP contribution in [0.1, 0.15) is 5.56 Å². The van der Waals surface area contributed by atoms with Crippen LogP contribution in [0.5, 0.6) is 17.2 Å². The van der Waals surface area contributed by atoms with Crippen LogP contribution >= 0.6 is 11.3 Å². The predicted octanol–water partition coefficient (Wildman–Crippen LogP) is 2.94. The van der Waals surface area contributed by atoms with Gasteiger partial charge in [-0.1, -0.05) is 23.5 Å². The number of carbonyl (C=O) groups is 1. The van der Waals surface area contributed by atoms with E-state index in [0.717, 1.165) is 21.5 Å². The summed E-state index contributed by atoms with van der Waals surface area (Å²) in [6.45, 7) is 0. The molecular formula is C19H20N2O4S. The number of amides is 1. The molecule has 0 unspecified atom stereocenters. The minimum atomic E-state index is -0.198. The summed E-state index contributed by atoms with van der Waals surface area (Å²) in [5.41, 5.74) is 1.83. The van der Waals surface area contributed by atoms with Gasteiger partial charge in [0.05, 0.1) is 38.0 Å². The molecule has 3 rings (SSSR count). The Morgan fingerprint density at radius 2 is 1.69 bits per heavy atom. The molecule has 0 aliphatic carbocycles. The van der Waals surface area contributed by atoms with Gasteiger partial charge in [-0.3, -0.25) is 4.79 Å². The molecule has 1 heterocycles. The van der Waals surface area contributed by atoms with E-state index in [1.54, 1.807) is 21.3 Å². The maximum atomic E-state index is 12.4. The van der Waals surface area contributed by atoms with Crippen LogP contribution in [0.4, 0.5) is 0 Å². The Morgan fingerprint density at radius 1 is 1.04 bits per heavy atom. The third kappa shape index (κ3) is 3.57. The van der Waals surface area contributed by atoms with E-state index in [1.165, 1.54) is 11.3 Å². The van der Waals surface area contributed by atoms with E-state index in [0.29, 0.717) is 16.3 Å². The third-order valence-corrected chi connectivity index (χ3v) is 5.14. The Balaban J connectivity index is 1.92. The maximum Gasteiger partial charge on any atom is 0.252 e. The highest BCUT2D eigenvalue weighted by Gasteiger charge is 2.11. The maximum absolute atomic E-state index is 12.4. The molecule has 2 aromatic carbocycles. The topological polar surface area (TPSA) is 62.1 Å². The highest BCUT2D eigenvalue weighted by molar-refractivity contribution is 7.16. The predicted molar refractivity (Wildman–Crippen MR) is 101 cm³/mol. The van der Waals surface area contributed by atoms with Gasteiger partial charge < -0.3 is 18.8 Å². The lowest BCUT2D eigenvalue weighted by atomic mass is 10.1. The minimum Gasteiger partial charge on any atom is -0.497 e. The SMILES string of the molecule is COc1ccc(CC(=O)N=c2sc3cc(OC)c(OC)cc3n2C)cc1. The van der Waals surface area contributed by atoms with Crippen LogP contribution in [0.25, 0.3) is 10.2 Å². The summed E-state index contributed by atoms with van der Waals surface area (Å²) in [6.07, 6.45) is 0.241. The molecule has 136 valence electrons. The number of aryl methyl sites for hydroxylation is 1. The van der Waals surface area contributed by atoms with Crippen molar-refractivity contribution in [1.29, 1.82) is 0 Å². The van der Waals surface area contributed by atoms with Crippen LogP contribution in [0.3, 0.4) is 0 Å². The number of hydrogen-bond acceptors (Lipinski definition) is 5. The largest absolute Gasteiger partial charge is 0.497 e. The monoisotopic (exact) mass is 372 g/mol. The van der Waals surface area contributed by atoms with Crippen LogP contribution in [0.15, 0.2) is 41.4 Å².